The molecule has 0 bridgehead atoms. The number of aliphatic carboxylic acids is 1. The number of halogens is 1. The maximum Gasteiger partial charge on any atom is 0.326 e. The molecule has 15 heavy (non-hydrogen) atoms. The number of hydrogen-bond acceptors (Lipinski definition) is 2. The third kappa shape index (κ3) is 1.86. The van der Waals surface area contributed by atoms with Crippen molar-refractivity contribution in [1.29, 1.82) is 0 Å². The van der Waals surface area contributed by atoms with Crippen LogP contribution in [-0.2, 0) is 11.2 Å². The summed E-state index contributed by atoms with van der Waals surface area (Å²) in [5, 5.41) is 9.05. The van der Waals surface area contributed by atoms with Crippen LogP contribution in [0, 0.1) is 0 Å². The summed E-state index contributed by atoms with van der Waals surface area (Å²) in [4.78, 5) is 12.8. The van der Waals surface area contributed by atoms with Gasteiger partial charge in [0.15, 0.2) is 0 Å². The summed E-state index contributed by atoms with van der Waals surface area (Å²) < 4.78 is 0.985. The van der Waals surface area contributed by atoms with Gasteiger partial charge in [0.25, 0.3) is 0 Å². The molecule has 1 aromatic rings. The van der Waals surface area contributed by atoms with Gasteiger partial charge in [0.2, 0.25) is 0 Å². The lowest BCUT2D eigenvalue weighted by atomic mass is 9.96. The molecule has 1 unspecified atom stereocenters. The van der Waals surface area contributed by atoms with Gasteiger partial charge < -0.3 is 10.0 Å². The van der Waals surface area contributed by atoms with E-state index in [4.69, 9.17) is 5.11 Å². The molecule has 0 saturated carbocycles. The highest BCUT2D eigenvalue weighted by molar-refractivity contribution is 9.10. The van der Waals surface area contributed by atoms with Crippen LogP contribution in [0.1, 0.15) is 12.0 Å². The molecule has 1 N–H and O–H groups in total. The Hall–Kier alpha value is -1.03. The van der Waals surface area contributed by atoms with Crippen LogP contribution < -0.4 is 4.90 Å². The summed E-state index contributed by atoms with van der Waals surface area (Å²) in [6.45, 7) is 0. The van der Waals surface area contributed by atoms with E-state index in [2.05, 4.69) is 15.9 Å². The van der Waals surface area contributed by atoms with E-state index in [1.807, 2.05) is 30.1 Å². The van der Waals surface area contributed by atoms with E-state index in [0.717, 1.165) is 16.6 Å². The highest BCUT2D eigenvalue weighted by Gasteiger charge is 2.28. The molecule has 0 aliphatic carbocycles. The first-order chi connectivity index (χ1) is 7.09. The smallest absolute Gasteiger partial charge is 0.326 e. The van der Waals surface area contributed by atoms with Crippen LogP contribution >= 0.6 is 15.9 Å². The predicted molar refractivity (Wildman–Crippen MR) is 62.3 cm³/mol. The molecule has 0 saturated heterocycles. The van der Waals surface area contributed by atoms with E-state index < -0.39 is 12.0 Å². The zero-order chi connectivity index (χ0) is 11.0. The Morgan fingerprint density at radius 3 is 3.00 bits per heavy atom. The van der Waals surface area contributed by atoms with Crippen molar-refractivity contribution in [2.45, 2.75) is 18.9 Å². The van der Waals surface area contributed by atoms with Gasteiger partial charge in [-0.25, -0.2) is 4.79 Å². The summed E-state index contributed by atoms with van der Waals surface area (Å²) in [5.74, 6) is -0.747. The van der Waals surface area contributed by atoms with Crippen molar-refractivity contribution in [3.05, 3.63) is 28.2 Å². The zero-order valence-corrected chi connectivity index (χ0v) is 9.99. The zero-order valence-electron chi connectivity index (χ0n) is 8.40. The quantitative estimate of drug-likeness (QED) is 0.851. The first kappa shape index (κ1) is 10.5. The third-order valence-corrected chi connectivity index (χ3v) is 3.36. The number of carbonyl (C=O) groups is 1. The Balaban J connectivity index is 2.40. The molecule has 1 aliphatic rings. The molecule has 0 amide bonds. The average Bonchev–Trinajstić information content (AvgIpc) is 2.19. The van der Waals surface area contributed by atoms with Crippen molar-refractivity contribution >= 4 is 27.6 Å². The number of carboxylic acid groups (broad SMARTS) is 1. The molecular formula is C11H12BrNO2. The second-order valence-electron chi connectivity index (χ2n) is 3.78. The van der Waals surface area contributed by atoms with Gasteiger partial charge >= 0.3 is 5.97 Å². The Labute approximate surface area is 96.8 Å². The second kappa shape index (κ2) is 3.85. The summed E-state index contributed by atoms with van der Waals surface area (Å²) in [5.41, 5.74) is 2.24. The lowest BCUT2D eigenvalue weighted by Gasteiger charge is -2.33. The van der Waals surface area contributed by atoms with Crippen LogP contribution in [0.25, 0.3) is 0 Å². The molecule has 0 radical (unpaired) electrons. The molecule has 1 aromatic carbocycles. The number of aryl methyl sites for hydroxylation is 1. The summed E-state index contributed by atoms with van der Waals surface area (Å²) in [6.07, 6.45) is 1.52. The van der Waals surface area contributed by atoms with Gasteiger partial charge in [-0.15, -0.1) is 0 Å². The molecule has 1 atom stereocenters. The third-order valence-electron chi connectivity index (χ3n) is 2.87. The Bertz CT molecular complexity index is 406. The number of benzene rings is 1. The van der Waals surface area contributed by atoms with E-state index >= 15 is 0 Å². The van der Waals surface area contributed by atoms with Gasteiger partial charge in [0, 0.05) is 17.2 Å². The highest BCUT2D eigenvalue weighted by atomic mass is 79.9. The highest BCUT2D eigenvalue weighted by Crippen LogP contribution is 2.31. The summed E-state index contributed by atoms with van der Waals surface area (Å²) in [7, 11) is 1.84. The lowest BCUT2D eigenvalue weighted by Crippen LogP contribution is -2.41. The topological polar surface area (TPSA) is 40.5 Å². The van der Waals surface area contributed by atoms with Crippen molar-refractivity contribution in [1.82, 2.24) is 0 Å². The van der Waals surface area contributed by atoms with Crippen LogP contribution in [0.3, 0.4) is 0 Å². The van der Waals surface area contributed by atoms with Gasteiger partial charge in [-0.2, -0.15) is 0 Å². The Morgan fingerprint density at radius 2 is 2.33 bits per heavy atom. The normalized spacial score (nSPS) is 19.9. The molecule has 0 aromatic heterocycles. The van der Waals surface area contributed by atoms with Crippen molar-refractivity contribution in [3.63, 3.8) is 0 Å². The van der Waals surface area contributed by atoms with E-state index in [-0.39, 0.29) is 0 Å². The first-order valence-electron chi connectivity index (χ1n) is 4.83. The molecule has 1 heterocycles. The minimum atomic E-state index is -0.747. The molecule has 0 spiro atoms. The maximum absolute atomic E-state index is 11.0. The number of nitrogens with zero attached hydrogens (tertiary/aromatic N) is 1. The van der Waals surface area contributed by atoms with E-state index in [0.29, 0.717) is 6.42 Å². The van der Waals surface area contributed by atoms with E-state index in [9.17, 15) is 4.79 Å². The predicted octanol–water partition coefficient (Wildman–Crippen LogP) is 2.28. The van der Waals surface area contributed by atoms with Gasteiger partial charge in [0.05, 0.1) is 0 Å². The molecule has 4 heteroatoms. The molecule has 0 fully saturated rings. The number of anilines is 1. The molecule has 80 valence electrons. The Morgan fingerprint density at radius 1 is 1.60 bits per heavy atom. The molecule has 3 nitrogen and oxygen atoms in total. The minimum Gasteiger partial charge on any atom is -0.480 e. The van der Waals surface area contributed by atoms with Gasteiger partial charge in [-0.1, -0.05) is 22.0 Å². The maximum atomic E-state index is 11.0. The fraction of sp³-hybridized carbons (Fsp3) is 0.364. The second-order valence-corrected chi connectivity index (χ2v) is 4.69. The van der Waals surface area contributed by atoms with Crippen LogP contribution in [-0.4, -0.2) is 24.2 Å². The number of hydrogen-bond donors (Lipinski definition) is 1. The van der Waals surface area contributed by atoms with Gasteiger partial charge in [-0.3, -0.25) is 0 Å². The fourth-order valence-corrected chi connectivity index (χ4v) is 2.37. The van der Waals surface area contributed by atoms with Crippen molar-refractivity contribution < 1.29 is 9.90 Å². The minimum absolute atomic E-state index is 0.396. The van der Waals surface area contributed by atoms with Crippen LogP contribution in [0.2, 0.25) is 0 Å². The van der Waals surface area contributed by atoms with Crippen molar-refractivity contribution in [3.8, 4) is 0 Å². The van der Waals surface area contributed by atoms with Gasteiger partial charge in [-0.05, 0) is 30.5 Å². The standard InChI is InChI=1S/C11H12BrNO2/c1-13-9(11(14)15)5-3-7-2-4-8(12)6-10(7)13/h2,4,6,9H,3,5H2,1H3,(H,14,15). The fourth-order valence-electron chi connectivity index (χ4n) is 2.02. The monoisotopic (exact) mass is 269 g/mol. The Kier molecular flexibility index (Phi) is 2.69. The average molecular weight is 270 g/mol. The van der Waals surface area contributed by atoms with Crippen LogP contribution in [0.5, 0.6) is 0 Å². The van der Waals surface area contributed by atoms with Crippen molar-refractivity contribution in [2.24, 2.45) is 0 Å². The first-order valence-corrected chi connectivity index (χ1v) is 5.63. The SMILES string of the molecule is CN1c2cc(Br)ccc2CCC1C(=O)O. The number of carboxylic acids is 1. The molecule has 1 aliphatic heterocycles. The summed E-state index contributed by atoms with van der Waals surface area (Å²) in [6, 6.07) is 5.62. The summed E-state index contributed by atoms with van der Waals surface area (Å²) >= 11 is 3.40. The van der Waals surface area contributed by atoms with Crippen LogP contribution in [0.4, 0.5) is 5.69 Å². The van der Waals surface area contributed by atoms with E-state index in [1.54, 1.807) is 0 Å². The largest absolute Gasteiger partial charge is 0.480 e. The van der Waals surface area contributed by atoms with Crippen molar-refractivity contribution in [2.75, 3.05) is 11.9 Å². The van der Waals surface area contributed by atoms with E-state index in [1.165, 1.54) is 5.56 Å². The lowest BCUT2D eigenvalue weighted by molar-refractivity contribution is -0.138. The van der Waals surface area contributed by atoms with Crippen LogP contribution in [0.15, 0.2) is 22.7 Å². The number of rotatable bonds is 1. The number of likely N-dealkylation sites (N-methyl/N-ethyl adjacent to an activating group) is 1. The molecule has 2 rings (SSSR count). The number of fused-ring (bicyclic) bond motifs is 1. The van der Waals surface area contributed by atoms with Gasteiger partial charge in [0.1, 0.15) is 6.04 Å². The molecular weight excluding hydrogens is 258 g/mol.